The van der Waals surface area contributed by atoms with E-state index < -0.39 is 22.0 Å². The molecule has 1 atom stereocenters. The molecule has 31 heavy (non-hydrogen) atoms. The molecule has 0 saturated carbocycles. The quantitative estimate of drug-likeness (QED) is 0.156. The summed E-state index contributed by atoms with van der Waals surface area (Å²) in [6.45, 7) is 0.638. The number of ether oxygens (including phenoxy) is 1. The first-order valence-corrected chi connectivity index (χ1v) is 11.0. The van der Waals surface area contributed by atoms with Crippen LogP contribution in [0.5, 0.6) is 5.75 Å². The second kappa shape index (κ2) is 11.4. The van der Waals surface area contributed by atoms with Gasteiger partial charge in [0.1, 0.15) is 18.4 Å². The van der Waals surface area contributed by atoms with Gasteiger partial charge in [0.25, 0.3) is 0 Å². The first-order valence-electron chi connectivity index (χ1n) is 9.11. The van der Waals surface area contributed by atoms with Crippen molar-refractivity contribution in [3.63, 3.8) is 0 Å². The molecule has 0 spiro atoms. The monoisotopic (exact) mass is 470 g/mol. The molecule has 0 bridgehead atoms. The lowest BCUT2D eigenvalue weighted by atomic mass is 10.1. The van der Waals surface area contributed by atoms with E-state index in [9.17, 15) is 18.3 Å². The van der Waals surface area contributed by atoms with Gasteiger partial charge in [-0.2, -0.15) is 4.72 Å². The number of oxime groups is 1. The highest BCUT2D eigenvalue weighted by molar-refractivity contribution is 7.89. The van der Waals surface area contributed by atoms with Gasteiger partial charge in [0, 0.05) is 11.4 Å². The number of carboxylic acid groups (broad SMARTS) is 1. The highest BCUT2D eigenvalue weighted by atomic mass is 35.5. The van der Waals surface area contributed by atoms with Crippen molar-refractivity contribution in [3.05, 3.63) is 59.1 Å². The Morgan fingerprint density at radius 3 is 2.48 bits per heavy atom. The molecule has 0 aliphatic rings. The molecule has 168 valence electrons. The number of nitrogens with zero attached hydrogens (tertiary/aromatic N) is 1. The number of benzene rings is 2. The van der Waals surface area contributed by atoms with Gasteiger partial charge < -0.3 is 26.1 Å². The van der Waals surface area contributed by atoms with Crippen molar-refractivity contribution >= 4 is 33.6 Å². The van der Waals surface area contributed by atoms with Crippen LogP contribution in [-0.2, 0) is 26.1 Å². The van der Waals surface area contributed by atoms with Gasteiger partial charge in [0.05, 0.1) is 11.5 Å². The van der Waals surface area contributed by atoms with Crippen molar-refractivity contribution < 1.29 is 27.9 Å². The Labute approximate surface area is 184 Å². The van der Waals surface area contributed by atoms with Crippen LogP contribution in [0.25, 0.3) is 0 Å². The molecule has 12 heteroatoms. The fourth-order valence-corrected chi connectivity index (χ4v) is 3.95. The third-order valence-electron chi connectivity index (χ3n) is 3.88. The van der Waals surface area contributed by atoms with E-state index >= 15 is 0 Å². The zero-order valence-corrected chi connectivity index (χ0v) is 18.0. The van der Waals surface area contributed by atoms with Gasteiger partial charge >= 0.3 is 5.97 Å². The lowest BCUT2D eigenvalue weighted by Gasteiger charge is -2.15. The maximum absolute atomic E-state index is 12.5. The Balaban J connectivity index is 1.93. The maximum atomic E-state index is 12.5. The molecule has 0 saturated heterocycles. The van der Waals surface area contributed by atoms with E-state index in [2.05, 4.69) is 9.88 Å². The van der Waals surface area contributed by atoms with Crippen LogP contribution in [-0.4, -0.2) is 44.7 Å². The summed E-state index contributed by atoms with van der Waals surface area (Å²) in [7, 11) is -4.06. The van der Waals surface area contributed by atoms with E-state index in [1.165, 1.54) is 24.3 Å². The number of nitrogens with two attached hydrogens (primary N) is 2. The molecule has 0 heterocycles. The number of nitrogens with one attached hydrogen (secondary N) is 1. The van der Waals surface area contributed by atoms with E-state index in [-0.39, 0.29) is 28.9 Å². The molecule has 10 nitrogen and oxygen atoms in total. The predicted octanol–water partition coefficient (Wildman–Crippen LogP) is 1.29. The Hall–Kier alpha value is -3.02. The van der Waals surface area contributed by atoms with Crippen LogP contribution in [0.3, 0.4) is 0 Å². The summed E-state index contributed by atoms with van der Waals surface area (Å²) >= 11 is 5.83. The SMILES string of the molecule is NC(N)=NOCCCOc1ccc(CC(NS(=O)(=O)c2cccc(Cl)c2)C(=O)O)cc1. The van der Waals surface area contributed by atoms with E-state index in [1.807, 2.05) is 0 Å². The van der Waals surface area contributed by atoms with Crippen LogP contribution in [0.1, 0.15) is 12.0 Å². The molecule has 2 aromatic carbocycles. The van der Waals surface area contributed by atoms with Gasteiger partial charge in [-0.3, -0.25) is 4.79 Å². The fraction of sp³-hybridized carbons (Fsp3) is 0.263. The van der Waals surface area contributed by atoms with Crippen LogP contribution >= 0.6 is 11.6 Å². The normalized spacial score (nSPS) is 12.0. The number of carboxylic acids is 1. The number of carbonyl (C=O) groups is 1. The van der Waals surface area contributed by atoms with E-state index in [1.54, 1.807) is 24.3 Å². The van der Waals surface area contributed by atoms with Crippen molar-refractivity contribution in [2.75, 3.05) is 13.2 Å². The van der Waals surface area contributed by atoms with Crippen molar-refractivity contribution in [3.8, 4) is 5.75 Å². The van der Waals surface area contributed by atoms with E-state index in [0.29, 0.717) is 24.3 Å². The average molecular weight is 471 g/mol. The molecule has 0 aromatic heterocycles. The van der Waals surface area contributed by atoms with Gasteiger partial charge in [-0.15, -0.1) is 0 Å². The van der Waals surface area contributed by atoms with Crippen LogP contribution in [0.2, 0.25) is 5.02 Å². The van der Waals surface area contributed by atoms with Crippen molar-refractivity contribution in [1.82, 2.24) is 4.72 Å². The lowest BCUT2D eigenvalue weighted by Crippen LogP contribution is -2.42. The average Bonchev–Trinajstić information content (AvgIpc) is 2.71. The predicted molar refractivity (Wildman–Crippen MR) is 115 cm³/mol. The molecular formula is C19H23ClN4O6S. The Bertz CT molecular complexity index is 1010. The molecule has 1 unspecified atom stereocenters. The molecule has 2 aromatic rings. The first-order chi connectivity index (χ1) is 14.7. The summed E-state index contributed by atoms with van der Waals surface area (Å²) in [5.74, 6) is -0.894. The summed E-state index contributed by atoms with van der Waals surface area (Å²) in [5, 5.41) is 13.1. The molecular weight excluding hydrogens is 448 g/mol. The summed E-state index contributed by atoms with van der Waals surface area (Å²) in [5.41, 5.74) is 10.9. The number of halogens is 1. The van der Waals surface area contributed by atoms with Crippen LogP contribution < -0.4 is 20.9 Å². The Kier molecular flexibility index (Phi) is 8.91. The minimum atomic E-state index is -4.06. The molecule has 0 amide bonds. The first kappa shape index (κ1) is 24.3. The third kappa shape index (κ3) is 8.32. The number of guanidine groups is 1. The second-order valence-corrected chi connectivity index (χ2v) is 8.52. The van der Waals surface area contributed by atoms with Crippen LogP contribution in [0.4, 0.5) is 0 Å². The van der Waals surface area contributed by atoms with Gasteiger partial charge in [-0.1, -0.05) is 29.8 Å². The maximum Gasteiger partial charge on any atom is 0.322 e. The van der Waals surface area contributed by atoms with Gasteiger partial charge in [0.15, 0.2) is 0 Å². The molecule has 6 N–H and O–H groups in total. The molecule has 0 fully saturated rings. The zero-order chi connectivity index (χ0) is 22.9. The Morgan fingerprint density at radius 1 is 1.16 bits per heavy atom. The standard InChI is InChI=1S/C19H23ClN4O6S/c20-14-3-1-4-16(12-14)31(27,28)24-17(18(25)26)11-13-5-7-15(8-6-13)29-9-2-10-30-23-19(21)22/h1,3-8,12,17,24H,2,9-11H2,(H,25,26)(H4,21,22,23). The number of rotatable bonds is 12. The lowest BCUT2D eigenvalue weighted by molar-refractivity contribution is -0.138. The molecule has 0 aliphatic carbocycles. The van der Waals surface area contributed by atoms with E-state index in [4.69, 9.17) is 32.6 Å². The van der Waals surface area contributed by atoms with Crippen molar-refractivity contribution in [1.29, 1.82) is 0 Å². The zero-order valence-electron chi connectivity index (χ0n) is 16.4. The number of hydrogen-bond donors (Lipinski definition) is 4. The van der Waals surface area contributed by atoms with Crippen molar-refractivity contribution in [2.24, 2.45) is 16.6 Å². The highest BCUT2D eigenvalue weighted by Gasteiger charge is 2.25. The highest BCUT2D eigenvalue weighted by Crippen LogP contribution is 2.17. The van der Waals surface area contributed by atoms with Crippen LogP contribution in [0, 0.1) is 0 Å². The molecule has 2 rings (SSSR count). The van der Waals surface area contributed by atoms with E-state index in [0.717, 1.165) is 0 Å². The summed E-state index contributed by atoms with van der Waals surface area (Å²) in [6, 6.07) is 10.9. The smallest absolute Gasteiger partial charge is 0.322 e. The molecule has 0 aliphatic heterocycles. The number of aliphatic carboxylic acids is 1. The number of hydrogen-bond acceptors (Lipinski definition) is 6. The minimum absolute atomic E-state index is 0.0538. The summed E-state index contributed by atoms with van der Waals surface area (Å²) in [4.78, 5) is 16.3. The minimum Gasteiger partial charge on any atom is -0.493 e. The van der Waals surface area contributed by atoms with Gasteiger partial charge in [-0.05, 0) is 47.5 Å². The number of sulfonamides is 1. The topological polar surface area (TPSA) is 166 Å². The summed E-state index contributed by atoms with van der Waals surface area (Å²) < 4.78 is 32.7. The fourth-order valence-electron chi connectivity index (χ4n) is 2.46. The molecule has 0 radical (unpaired) electrons. The third-order valence-corrected chi connectivity index (χ3v) is 5.59. The second-order valence-electron chi connectivity index (χ2n) is 6.37. The summed E-state index contributed by atoms with van der Waals surface area (Å²) in [6.07, 6.45) is 0.493. The van der Waals surface area contributed by atoms with Gasteiger partial charge in [-0.25, -0.2) is 8.42 Å². The van der Waals surface area contributed by atoms with Gasteiger partial charge in [0.2, 0.25) is 16.0 Å². The Morgan fingerprint density at radius 2 is 1.87 bits per heavy atom. The van der Waals surface area contributed by atoms with Crippen LogP contribution in [0.15, 0.2) is 58.6 Å². The largest absolute Gasteiger partial charge is 0.493 e. The van der Waals surface area contributed by atoms with Crippen molar-refractivity contribution in [2.45, 2.75) is 23.8 Å².